The van der Waals surface area contributed by atoms with Gasteiger partial charge in [-0.3, -0.25) is 0 Å². The minimum Gasteiger partial charge on any atom is -0.423 e. The third-order valence-corrected chi connectivity index (χ3v) is 3.90. The van der Waals surface area contributed by atoms with Crippen molar-refractivity contribution in [3.8, 4) is 17.4 Å². The average Bonchev–Trinajstić information content (AvgIpc) is 3.03. The van der Waals surface area contributed by atoms with Crippen molar-refractivity contribution >= 4 is 0 Å². The minimum atomic E-state index is -0.0362. The van der Waals surface area contributed by atoms with Crippen LogP contribution in [0.25, 0.3) is 5.69 Å². The maximum Gasteiger partial charge on any atom is 0.345 e. The molecule has 3 aromatic rings. The molecule has 0 bridgehead atoms. The Morgan fingerprint density at radius 1 is 1.04 bits per heavy atom. The van der Waals surface area contributed by atoms with Crippen LogP contribution in [0.4, 0.5) is 0 Å². The van der Waals surface area contributed by atoms with E-state index in [0.717, 1.165) is 23.4 Å². The monoisotopic (exact) mass is 322 g/mol. The quantitative estimate of drug-likeness (QED) is 0.718. The summed E-state index contributed by atoms with van der Waals surface area (Å²) in [6.45, 7) is 8.68. The third-order valence-electron chi connectivity index (χ3n) is 3.90. The lowest BCUT2D eigenvalue weighted by atomic mass is 9.85. The zero-order valence-corrected chi connectivity index (χ0v) is 14.5. The van der Waals surface area contributed by atoms with Crippen molar-refractivity contribution in [2.45, 2.75) is 39.5 Å². The molecular formula is C19H22N4O. The molecule has 5 heteroatoms. The number of hydrogen-bond donors (Lipinski definition) is 0. The number of aryl methyl sites for hydroxylation is 1. The van der Waals surface area contributed by atoms with E-state index in [9.17, 15) is 0 Å². The Morgan fingerprint density at radius 3 is 2.46 bits per heavy atom. The maximum absolute atomic E-state index is 6.09. The predicted octanol–water partition coefficient (Wildman–Crippen LogP) is 4.31. The molecule has 1 heterocycles. The van der Waals surface area contributed by atoms with Gasteiger partial charge in [0.2, 0.25) is 0 Å². The standard InChI is InChI=1S/C19H22N4O/c1-5-14-11-12-17(16(13-14)19(2,3)4)24-18-20-21-22-23(18)15-9-7-6-8-10-15/h6-13H,5H2,1-4H3. The highest BCUT2D eigenvalue weighted by Crippen LogP contribution is 2.34. The van der Waals surface area contributed by atoms with Crippen LogP contribution in [-0.4, -0.2) is 20.2 Å². The number of tetrazole rings is 1. The summed E-state index contributed by atoms with van der Waals surface area (Å²) in [7, 11) is 0. The fourth-order valence-electron chi connectivity index (χ4n) is 2.54. The van der Waals surface area contributed by atoms with Gasteiger partial charge in [-0.1, -0.05) is 63.1 Å². The van der Waals surface area contributed by atoms with Crippen LogP contribution in [0.3, 0.4) is 0 Å². The van der Waals surface area contributed by atoms with E-state index in [1.54, 1.807) is 4.68 Å². The summed E-state index contributed by atoms with van der Waals surface area (Å²) in [6, 6.07) is 16.4. The lowest BCUT2D eigenvalue weighted by Gasteiger charge is -2.23. The molecule has 0 aliphatic heterocycles. The highest BCUT2D eigenvalue weighted by molar-refractivity contribution is 5.43. The molecule has 5 nitrogen and oxygen atoms in total. The summed E-state index contributed by atoms with van der Waals surface area (Å²) >= 11 is 0. The second-order valence-electron chi connectivity index (χ2n) is 6.74. The zero-order chi connectivity index (χ0) is 17.2. The van der Waals surface area contributed by atoms with Gasteiger partial charge in [-0.25, -0.2) is 0 Å². The molecule has 2 aromatic carbocycles. The van der Waals surface area contributed by atoms with Gasteiger partial charge in [-0.2, -0.15) is 4.68 Å². The normalized spacial score (nSPS) is 11.5. The van der Waals surface area contributed by atoms with Crippen LogP contribution in [0.1, 0.15) is 38.8 Å². The highest BCUT2D eigenvalue weighted by atomic mass is 16.5. The number of rotatable bonds is 4. The molecule has 0 spiro atoms. The molecule has 3 rings (SSSR count). The van der Waals surface area contributed by atoms with E-state index in [1.807, 2.05) is 36.4 Å². The topological polar surface area (TPSA) is 52.8 Å². The van der Waals surface area contributed by atoms with Crippen LogP contribution in [0.5, 0.6) is 11.8 Å². The minimum absolute atomic E-state index is 0.0362. The Balaban J connectivity index is 2.00. The summed E-state index contributed by atoms with van der Waals surface area (Å²) in [5.41, 5.74) is 3.25. The van der Waals surface area contributed by atoms with Crippen molar-refractivity contribution in [3.05, 3.63) is 59.7 Å². The van der Waals surface area contributed by atoms with Gasteiger partial charge in [-0.15, -0.1) is 0 Å². The molecule has 0 radical (unpaired) electrons. The van der Waals surface area contributed by atoms with Gasteiger partial charge in [0.25, 0.3) is 0 Å². The van der Waals surface area contributed by atoms with Gasteiger partial charge in [0.1, 0.15) is 5.75 Å². The molecule has 0 saturated heterocycles. The number of nitrogens with zero attached hydrogens (tertiary/aromatic N) is 4. The second kappa shape index (κ2) is 6.43. The van der Waals surface area contributed by atoms with E-state index < -0.39 is 0 Å². The lowest BCUT2D eigenvalue weighted by molar-refractivity contribution is 0.410. The van der Waals surface area contributed by atoms with Crippen molar-refractivity contribution < 1.29 is 4.74 Å². The maximum atomic E-state index is 6.09. The van der Waals surface area contributed by atoms with E-state index >= 15 is 0 Å². The van der Waals surface area contributed by atoms with Crippen molar-refractivity contribution in [3.63, 3.8) is 0 Å². The smallest absolute Gasteiger partial charge is 0.345 e. The van der Waals surface area contributed by atoms with Crippen LogP contribution in [-0.2, 0) is 11.8 Å². The fourth-order valence-corrected chi connectivity index (χ4v) is 2.54. The van der Waals surface area contributed by atoms with Crippen LogP contribution in [0.15, 0.2) is 48.5 Å². The molecule has 0 saturated carbocycles. The first-order chi connectivity index (χ1) is 11.5. The summed E-state index contributed by atoms with van der Waals surface area (Å²) in [4.78, 5) is 0. The second-order valence-corrected chi connectivity index (χ2v) is 6.74. The molecule has 0 atom stereocenters. The molecule has 0 aliphatic rings. The molecule has 0 aliphatic carbocycles. The highest BCUT2D eigenvalue weighted by Gasteiger charge is 2.21. The van der Waals surface area contributed by atoms with E-state index in [2.05, 4.69) is 55.4 Å². The van der Waals surface area contributed by atoms with Crippen molar-refractivity contribution in [2.24, 2.45) is 0 Å². The SMILES string of the molecule is CCc1ccc(Oc2nnnn2-c2ccccc2)c(C(C)(C)C)c1. The van der Waals surface area contributed by atoms with E-state index in [0.29, 0.717) is 6.01 Å². The molecular weight excluding hydrogens is 300 g/mol. The van der Waals surface area contributed by atoms with Crippen LogP contribution in [0.2, 0.25) is 0 Å². The van der Waals surface area contributed by atoms with Crippen LogP contribution >= 0.6 is 0 Å². The number of benzene rings is 2. The molecule has 0 amide bonds. The van der Waals surface area contributed by atoms with E-state index in [1.165, 1.54) is 5.56 Å². The van der Waals surface area contributed by atoms with E-state index in [-0.39, 0.29) is 5.41 Å². The Bertz CT molecular complexity index is 819. The molecule has 24 heavy (non-hydrogen) atoms. The third kappa shape index (κ3) is 3.30. The Morgan fingerprint density at radius 2 is 1.79 bits per heavy atom. The Hall–Kier alpha value is -2.69. The molecule has 0 unspecified atom stereocenters. The predicted molar refractivity (Wildman–Crippen MR) is 93.7 cm³/mol. The fraction of sp³-hybridized carbons (Fsp3) is 0.316. The van der Waals surface area contributed by atoms with Gasteiger partial charge in [0.15, 0.2) is 0 Å². The van der Waals surface area contributed by atoms with Gasteiger partial charge in [-0.05, 0) is 46.0 Å². The number of aromatic nitrogens is 4. The number of ether oxygens (including phenoxy) is 1. The zero-order valence-electron chi connectivity index (χ0n) is 14.5. The van der Waals surface area contributed by atoms with Crippen LogP contribution < -0.4 is 4.74 Å². The molecule has 0 N–H and O–H groups in total. The lowest BCUT2D eigenvalue weighted by Crippen LogP contribution is -2.13. The summed E-state index contributed by atoms with van der Waals surface area (Å²) < 4.78 is 7.69. The van der Waals surface area contributed by atoms with Gasteiger partial charge in [0.05, 0.1) is 5.69 Å². The Labute approximate surface area is 142 Å². The average molecular weight is 322 g/mol. The number of para-hydroxylation sites is 1. The van der Waals surface area contributed by atoms with Crippen LogP contribution in [0, 0.1) is 0 Å². The summed E-state index contributed by atoms with van der Waals surface area (Å²) in [6.07, 6.45) is 0.991. The van der Waals surface area contributed by atoms with Gasteiger partial charge in [0, 0.05) is 5.56 Å². The first-order valence-corrected chi connectivity index (χ1v) is 8.14. The van der Waals surface area contributed by atoms with Crippen molar-refractivity contribution in [1.82, 2.24) is 20.2 Å². The van der Waals surface area contributed by atoms with Crippen molar-refractivity contribution in [1.29, 1.82) is 0 Å². The first kappa shape index (κ1) is 16.2. The first-order valence-electron chi connectivity index (χ1n) is 8.14. The number of hydrogen-bond acceptors (Lipinski definition) is 4. The summed E-state index contributed by atoms with van der Waals surface area (Å²) in [5.74, 6) is 0.784. The van der Waals surface area contributed by atoms with Gasteiger partial charge >= 0.3 is 6.01 Å². The molecule has 1 aromatic heterocycles. The largest absolute Gasteiger partial charge is 0.423 e. The Kier molecular flexibility index (Phi) is 4.34. The summed E-state index contributed by atoms with van der Waals surface area (Å²) in [5, 5.41) is 11.8. The van der Waals surface area contributed by atoms with Gasteiger partial charge < -0.3 is 4.74 Å². The molecule has 124 valence electrons. The van der Waals surface area contributed by atoms with Crippen molar-refractivity contribution in [2.75, 3.05) is 0 Å². The van der Waals surface area contributed by atoms with E-state index in [4.69, 9.17) is 4.74 Å². The molecule has 0 fully saturated rings.